The second-order valence-electron chi connectivity index (χ2n) is 4.34. The van der Waals surface area contributed by atoms with Crippen LogP contribution in [0.25, 0.3) is 0 Å². The Kier molecular flexibility index (Phi) is 6.53. The number of benzene rings is 1. The van der Waals surface area contributed by atoms with Crippen molar-refractivity contribution < 1.29 is 4.39 Å². The summed E-state index contributed by atoms with van der Waals surface area (Å²) in [4.78, 5) is 0. The predicted molar refractivity (Wildman–Crippen MR) is 72.1 cm³/mol. The largest absolute Gasteiger partial charge is 0.314 e. The van der Waals surface area contributed by atoms with Gasteiger partial charge in [-0.05, 0) is 37.1 Å². The molecule has 96 valence electrons. The predicted octanol–water partition coefficient (Wildman–Crippen LogP) is 4.19. The quantitative estimate of drug-likeness (QED) is 0.772. The highest BCUT2D eigenvalue weighted by Gasteiger charge is 2.11. The van der Waals surface area contributed by atoms with Crippen molar-refractivity contribution in [3.63, 3.8) is 0 Å². The molecular formula is C14H21ClFN. The summed E-state index contributed by atoms with van der Waals surface area (Å²) in [6, 6.07) is 5.28. The van der Waals surface area contributed by atoms with E-state index in [1.54, 1.807) is 12.1 Å². The van der Waals surface area contributed by atoms with Crippen LogP contribution in [0, 0.1) is 5.82 Å². The van der Waals surface area contributed by atoms with Gasteiger partial charge in [0.05, 0.1) is 0 Å². The Morgan fingerprint density at radius 2 is 2.12 bits per heavy atom. The van der Waals surface area contributed by atoms with Gasteiger partial charge in [0.25, 0.3) is 0 Å². The van der Waals surface area contributed by atoms with Crippen molar-refractivity contribution in [3.8, 4) is 0 Å². The van der Waals surface area contributed by atoms with Gasteiger partial charge in [-0.15, -0.1) is 0 Å². The number of hydrogen-bond acceptors (Lipinski definition) is 1. The number of rotatable bonds is 7. The molecule has 0 bridgehead atoms. The lowest BCUT2D eigenvalue weighted by Crippen LogP contribution is -2.31. The number of nitrogens with one attached hydrogen (secondary N) is 1. The zero-order valence-corrected chi connectivity index (χ0v) is 11.4. The standard InChI is InChI=1S/C14H21ClFN/c1-3-5-6-13(17-4-2)9-11-7-8-12(15)10-14(11)16/h7-8,10,13,17H,3-6,9H2,1-2H3. The van der Waals surface area contributed by atoms with Crippen molar-refractivity contribution in [2.75, 3.05) is 6.54 Å². The molecule has 1 nitrogen and oxygen atoms in total. The summed E-state index contributed by atoms with van der Waals surface area (Å²) >= 11 is 5.74. The van der Waals surface area contributed by atoms with Crippen LogP contribution >= 0.6 is 11.6 Å². The lowest BCUT2D eigenvalue weighted by Gasteiger charge is -2.18. The van der Waals surface area contributed by atoms with E-state index in [4.69, 9.17) is 11.6 Å². The molecule has 0 aliphatic carbocycles. The Morgan fingerprint density at radius 3 is 2.71 bits per heavy atom. The van der Waals surface area contributed by atoms with Gasteiger partial charge in [0.1, 0.15) is 5.82 Å². The van der Waals surface area contributed by atoms with Gasteiger partial charge >= 0.3 is 0 Å². The third kappa shape index (κ3) is 5.05. The summed E-state index contributed by atoms with van der Waals surface area (Å²) in [5, 5.41) is 3.87. The first-order valence-electron chi connectivity index (χ1n) is 6.34. The molecule has 1 aromatic carbocycles. The molecule has 1 aromatic rings. The molecule has 1 atom stereocenters. The van der Waals surface area contributed by atoms with Crippen LogP contribution in [0.5, 0.6) is 0 Å². The molecule has 0 radical (unpaired) electrons. The molecule has 0 saturated carbocycles. The van der Waals surface area contributed by atoms with Crippen molar-refractivity contribution in [1.82, 2.24) is 5.32 Å². The first-order valence-corrected chi connectivity index (χ1v) is 6.72. The minimum absolute atomic E-state index is 0.197. The average molecular weight is 258 g/mol. The van der Waals surface area contributed by atoms with Gasteiger partial charge in [-0.1, -0.05) is 44.4 Å². The molecule has 1 rings (SSSR count). The van der Waals surface area contributed by atoms with Crippen molar-refractivity contribution in [1.29, 1.82) is 0 Å². The minimum atomic E-state index is -0.197. The van der Waals surface area contributed by atoms with E-state index in [1.165, 1.54) is 18.9 Å². The van der Waals surface area contributed by atoms with Gasteiger partial charge in [0, 0.05) is 11.1 Å². The number of hydrogen-bond donors (Lipinski definition) is 1. The number of likely N-dealkylation sites (N-methyl/N-ethyl adjacent to an activating group) is 1. The van der Waals surface area contributed by atoms with E-state index in [2.05, 4.69) is 19.2 Å². The maximum Gasteiger partial charge on any atom is 0.127 e. The normalized spacial score (nSPS) is 12.7. The molecule has 0 heterocycles. The van der Waals surface area contributed by atoms with Gasteiger partial charge in [-0.2, -0.15) is 0 Å². The van der Waals surface area contributed by atoms with Gasteiger partial charge in [0.15, 0.2) is 0 Å². The van der Waals surface area contributed by atoms with E-state index in [0.717, 1.165) is 24.9 Å². The Balaban J connectivity index is 2.64. The van der Waals surface area contributed by atoms with Gasteiger partial charge in [0.2, 0.25) is 0 Å². The van der Waals surface area contributed by atoms with Crippen molar-refractivity contribution in [3.05, 3.63) is 34.6 Å². The van der Waals surface area contributed by atoms with Crippen molar-refractivity contribution in [2.45, 2.75) is 45.6 Å². The van der Waals surface area contributed by atoms with Gasteiger partial charge in [-0.3, -0.25) is 0 Å². The molecule has 3 heteroatoms. The molecule has 0 saturated heterocycles. The fraction of sp³-hybridized carbons (Fsp3) is 0.571. The molecule has 0 fully saturated rings. The molecule has 17 heavy (non-hydrogen) atoms. The Bertz CT molecular complexity index is 341. The monoisotopic (exact) mass is 257 g/mol. The van der Waals surface area contributed by atoms with Gasteiger partial charge < -0.3 is 5.32 Å². The SMILES string of the molecule is CCCCC(Cc1ccc(Cl)cc1F)NCC. The minimum Gasteiger partial charge on any atom is -0.314 e. The third-order valence-electron chi connectivity index (χ3n) is 2.88. The van der Waals surface area contributed by atoms with E-state index < -0.39 is 0 Å². The van der Waals surface area contributed by atoms with Crippen LogP contribution in [-0.4, -0.2) is 12.6 Å². The first kappa shape index (κ1) is 14.5. The Morgan fingerprint density at radius 1 is 1.35 bits per heavy atom. The van der Waals surface area contributed by atoms with Crippen LogP contribution in [0.1, 0.15) is 38.7 Å². The van der Waals surface area contributed by atoms with Gasteiger partial charge in [-0.25, -0.2) is 4.39 Å². The number of unbranched alkanes of at least 4 members (excludes halogenated alkanes) is 1. The lowest BCUT2D eigenvalue weighted by atomic mass is 10.0. The van der Waals surface area contributed by atoms with E-state index in [1.807, 2.05) is 0 Å². The van der Waals surface area contributed by atoms with Crippen molar-refractivity contribution >= 4 is 11.6 Å². The van der Waals surface area contributed by atoms with Crippen LogP contribution in [0.4, 0.5) is 4.39 Å². The average Bonchev–Trinajstić information content (AvgIpc) is 2.29. The zero-order chi connectivity index (χ0) is 12.7. The molecule has 0 aliphatic heterocycles. The second kappa shape index (κ2) is 7.67. The fourth-order valence-corrected chi connectivity index (χ4v) is 2.13. The first-order chi connectivity index (χ1) is 8.17. The fourth-order valence-electron chi connectivity index (χ4n) is 1.97. The molecular weight excluding hydrogens is 237 g/mol. The maximum atomic E-state index is 13.7. The molecule has 0 aromatic heterocycles. The summed E-state index contributed by atoms with van der Waals surface area (Å²) in [6.45, 7) is 5.17. The van der Waals surface area contributed by atoms with Crippen LogP contribution in [0.3, 0.4) is 0 Å². The highest BCUT2D eigenvalue weighted by Crippen LogP contribution is 2.17. The molecule has 0 amide bonds. The smallest absolute Gasteiger partial charge is 0.127 e. The second-order valence-corrected chi connectivity index (χ2v) is 4.77. The zero-order valence-electron chi connectivity index (χ0n) is 10.6. The third-order valence-corrected chi connectivity index (χ3v) is 3.12. The van der Waals surface area contributed by atoms with Crippen molar-refractivity contribution in [2.24, 2.45) is 0 Å². The molecule has 1 N–H and O–H groups in total. The highest BCUT2D eigenvalue weighted by molar-refractivity contribution is 6.30. The summed E-state index contributed by atoms with van der Waals surface area (Å²) in [6.07, 6.45) is 4.17. The van der Waals surface area contributed by atoms with Crippen LogP contribution in [-0.2, 0) is 6.42 Å². The van der Waals surface area contributed by atoms with Crippen LogP contribution in [0.2, 0.25) is 5.02 Å². The molecule has 1 unspecified atom stereocenters. The Hall–Kier alpha value is -0.600. The maximum absolute atomic E-state index is 13.7. The topological polar surface area (TPSA) is 12.0 Å². The summed E-state index contributed by atoms with van der Waals surface area (Å²) in [5.74, 6) is -0.197. The van der Waals surface area contributed by atoms with Crippen LogP contribution in [0.15, 0.2) is 18.2 Å². The van der Waals surface area contributed by atoms with Crippen LogP contribution < -0.4 is 5.32 Å². The summed E-state index contributed by atoms with van der Waals surface area (Å²) in [7, 11) is 0. The van der Waals surface area contributed by atoms with E-state index in [0.29, 0.717) is 11.1 Å². The summed E-state index contributed by atoms with van der Waals surface area (Å²) in [5.41, 5.74) is 0.747. The van der Waals surface area contributed by atoms with E-state index >= 15 is 0 Å². The van der Waals surface area contributed by atoms with E-state index in [9.17, 15) is 4.39 Å². The lowest BCUT2D eigenvalue weighted by molar-refractivity contribution is 0.464. The number of halogens is 2. The molecule has 0 aliphatic rings. The molecule has 0 spiro atoms. The Labute approximate surface area is 108 Å². The summed E-state index contributed by atoms with van der Waals surface area (Å²) < 4.78 is 13.7. The van der Waals surface area contributed by atoms with E-state index in [-0.39, 0.29) is 5.82 Å². The highest BCUT2D eigenvalue weighted by atomic mass is 35.5.